The highest BCUT2D eigenvalue weighted by atomic mass is 32.1. The molecule has 3 aromatic heterocycles. The van der Waals surface area contributed by atoms with E-state index in [1.165, 1.54) is 11.3 Å². The molecule has 16 heteroatoms. The number of cyclic esters (lactones) is 1. The molecule has 1 saturated carbocycles. The molecule has 2 amide bonds. The fourth-order valence-electron chi connectivity index (χ4n) is 10.0. The number of nitrogens with one attached hydrogen (secondary N) is 2. The van der Waals surface area contributed by atoms with E-state index in [0.717, 1.165) is 89.8 Å². The van der Waals surface area contributed by atoms with Crippen LogP contribution in [0.3, 0.4) is 0 Å². The van der Waals surface area contributed by atoms with Crippen molar-refractivity contribution in [2.24, 2.45) is 11.3 Å². The molecule has 10 rings (SSSR count). The maximum Gasteiger partial charge on any atom is 0.408 e. The number of anilines is 1. The maximum atomic E-state index is 14.4. The van der Waals surface area contributed by atoms with Gasteiger partial charge in [0.05, 0.1) is 65.9 Å². The lowest BCUT2D eigenvalue weighted by molar-refractivity contribution is -0.170. The van der Waals surface area contributed by atoms with Gasteiger partial charge in [-0.2, -0.15) is 0 Å². The number of ether oxygens (including phenoxy) is 4. The number of piperazine rings is 1. The number of morpholine rings is 1. The molecule has 6 aliphatic rings. The summed E-state index contributed by atoms with van der Waals surface area (Å²) in [6.07, 6.45) is 3.11. The summed E-state index contributed by atoms with van der Waals surface area (Å²) in [5.41, 5.74) is 9.92. The summed E-state index contributed by atoms with van der Waals surface area (Å²) < 4.78 is 26.1. The molecule has 0 unspecified atom stereocenters. The van der Waals surface area contributed by atoms with Crippen LogP contribution in [0.4, 0.5) is 10.5 Å². The van der Waals surface area contributed by atoms with Gasteiger partial charge in [0.15, 0.2) is 0 Å². The molecule has 1 aliphatic carbocycles. The molecule has 5 fully saturated rings. The van der Waals surface area contributed by atoms with Crippen molar-refractivity contribution in [3.63, 3.8) is 0 Å². The van der Waals surface area contributed by atoms with Crippen molar-refractivity contribution in [2.75, 3.05) is 58.0 Å². The SMILES string of the molecule is CCn1c(-c2cc(N3CCN4CCOC[C@@H]4C3)cnc2[C@H](C)OC)c2c3cc(ccc31)-c1csc(n1)C[C@H](NC(=O)OC(C)(C)C)C(=O)N1N[C@H](C(=O)OCC(C)(C)C2)C2CC1C2. The second-order valence-corrected chi connectivity index (χ2v) is 20.6. The molecule has 4 atom stereocenters. The third-order valence-corrected chi connectivity index (χ3v) is 14.3. The summed E-state index contributed by atoms with van der Waals surface area (Å²) >= 11 is 1.45. The zero-order chi connectivity index (χ0) is 44.4. The van der Waals surface area contributed by atoms with Gasteiger partial charge in [-0.1, -0.05) is 19.9 Å². The fourth-order valence-corrected chi connectivity index (χ4v) is 10.9. The normalized spacial score (nSPS) is 25.7. The van der Waals surface area contributed by atoms with Gasteiger partial charge in [-0.25, -0.2) is 15.2 Å². The molecular formula is C47H62N8O7S. The Morgan fingerprint density at radius 3 is 2.70 bits per heavy atom. The van der Waals surface area contributed by atoms with Crippen LogP contribution in [0, 0.1) is 11.3 Å². The molecule has 15 nitrogen and oxygen atoms in total. The number of benzene rings is 1. The van der Waals surface area contributed by atoms with E-state index in [0.29, 0.717) is 36.9 Å². The molecule has 5 aliphatic heterocycles. The van der Waals surface area contributed by atoms with E-state index in [9.17, 15) is 14.4 Å². The zero-order valence-electron chi connectivity index (χ0n) is 37.9. The predicted octanol–water partition coefficient (Wildman–Crippen LogP) is 6.13. The van der Waals surface area contributed by atoms with Crippen LogP contribution in [0.1, 0.15) is 83.7 Å². The molecular weight excluding hydrogens is 821 g/mol. The summed E-state index contributed by atoms with van der Waals surface area (Å²) in [4.78, 5) is 56.9. The number of rotatable bonds is 6. The van der Waals surface area contributed by atoms with E-state index in [1.54, 1.807) is 32.9 Å². The van der Waals surface area contributed by atoms with Gasteiger partial charge < -0.3 is 33.7 Å². The molecule has 63 heavy (non-hydrogen) atoms. The monoisotopic (exact) mass is 882 g/mol. The highest BCUT2D eigenvalue weighted by molar-refractivity contribution is 7.10. The fraction of sp³-hybridized carbons (Fsp3) is 0.596. The van der Waals surface area contributed by atoms with Crippen molar-refractivity contribution in [2.45, 2.75) is 117 Å². The van der Waals surface area contributed by atoms with Gasteiger partial charge in [0, 0.05) is 85.1 Å². The first-order valence-electron chi connectivity index (χ1n) is 22.5. The Labute approximate surface area is 373 Å². The smallest absolute Gasteiger partial charge is 0.408 e. The zero-order valence-corrected chi connectivity index (χ0v) is 38.7. The minimum atomic E-state index is -0.985. The molecule has 8 bridgehead atoms. The number of hydrogen-bond donors (Lipinski definition) is 2. The third-order valence-electron chi connectivity index (χ3n) is 13.4. The first kappa shape index (κ1) is 43.6. The van der Waals surface area contributed by atoms with Crippen LogP contribution in [0.25, 0.3) is 33.4 Å². The standard InChI is InChI=1S/C47H62N8O7S/c1-9-54-38-11-10-28-18-33(38)35(42(54)34-19-31(22-48-40(34)27(2)59-8)53-13-12-52-14-15-60-24-32(52)23-53)21-47(6,7)26-61-44(57)41-29-16-30(17-29)55(51-41)43(56)36(20-39-49-37(28)25-63-39)50-45(58)62-46(3,4)5/h10-11,18-19,22,25,27,29-30,32,36,41,51H,9,12-17,20-21,23-24,26H2,1-8H3,(H,50,58)/t27-,29?,30?,32-,36-,41-/m0/s1. The third kappa shape index (κ3) is 8.68. The molecule has 8 heterocycles. The molecule has 338 valence electrons. The lowest BCUT2D eigenvalue weighted by atomic mass is 9.73. The van der Waals surface area contributed by atoms with Crippen LogP contribution in [0.2, 0.25) is 0 Å². The van der Waals surface area contributed by atoms with Crippen LogP contribution in [-0.4, -0.2) is 125 Å². The maximum absolute atomic E-state index is 14.4. The van der Waals surface area contributed by atoms with E-state index < -0.39 is 29.2 Å². The van der Waals surface area contributed by atoms with Crippen LogP contribution >= 0.6 is 11.3 Å². The highest BCUT2D eigenvalue weighted by Gasteiger charge is 2.51. The summed E-state index contributed by atoms with van der Waals surface area (Å²) in [5.74, 6) is -0.687. The number of fused-ring (bicyclic) bond motifs is 5. The van der Waals surface area contributed by atoms with E-state index in [1.807, 2.05) is 18.5 Å². The number of nitrogens with zero attached hydrogens (tertiary/aromatic N) is 6. The average Bonchev–Trinajstić information content (AvgIpc) is 3.84. The van der Waals surface area contributed by atoms with Crippen molar-refractivity contribution in [3.05, 3.63) is 52.1 Å². The summed E-state index contributed by atoms with van der Waals surface area (Å²) in [5, 5.41) is 8.17. The van der Waals surface area contributed by atoms with E-state index >= 15 is 0 Å². The van der Waals surface area contributed by atoms with Crippen LogP contribution in [0.5, 0.6) is 0 Å². The lowest BCUT2D eigenvalue weighted by Gasteiger charge is -2.53. The van der Waals surface area contributed by atoms with Gasteiger partial charge in [-0.05, 0) is 83.6 Å². The lowest BCUT2D eigenvalue weighted by Crippen LogP contribution is -2.71. The topological polar surface area (TPSA) is 153 Å². The van der Waals surface area contributed by atoms with Gasteiger partial charge in [0.1, 0.15) is 17.7 Å². The number of carbonyl (C=O) groups excluding carboxylic acids is 3. The van der Waals surface area contributed by atoms with Gasteiger partial charge >= 0.3 is 12.1 Å². The number of hydrogen-bond acceptors (Lipinski definition) is 13. The Morgan fingerprint density at radius 1 is 1.13 bits per heavy atom. The Morgan fingerprint density at radius 2 is 1.94 bits per heavy atom. The number of alkyl carbamates (subject to hydrolysis) is 1. The molecule has 0 spiro atoms. The number of aryl methyl sites for hydroxylation is 1. The van der Waals surface area contributed by atoms with Gasteiger partial charge in [-0.3, -0.25) is 24.5 Å². The number of hydrazine groups is 1. The Hall–Kier alpha value is -4.61. The van der Waals surface area contributed by atoms with Gasteiger partial charge in [-0.15, -0.1) is 11.3 Å². The van der Waals surface area contributed by atoms with Crippen LogP contribution in [-0.2, 0) is 47.9 Å². The first-order valence-corrected chi connectivity index (χ1v) is 23.4. The summed E-state index contributed by atoms with van der Waals surface area (Å²) in [6, 6.07) is 7.36. The van der Waals surface area contributed by atoms with Gasteiger partial charge in [0.25, 0.3) is 5.91 Å². The predicted molar refractivity (Wildman–Crippen MR) is 241 cm³/mol. The number of carbonyl (C=O) groups is 3. The van der Waals surface area contributed by atoms with E-state index in [2.05, 4.69) is 70.1 Å². The van der Waals surface area contributed by atoms with Crippen molar-refractivity contribution in [3.8, 4) is 22.5 Å². The van der Waals surface area contributed by atoms with Gasteiger partial charge in [0.2, 0.25) is 0 Å². The van der Waals surface area contributed by atoms with Crippen molar-refractivity contribution in [1.82, 2.24) is 35.2 Å². The van der Waals surface area contributed by atoms with E-state index in [-0.39, 0.29) is 43.0 Å². The largest absolute Gasteiger partial charge is 0.464 e. The second-order valence-electron chi connectivity index (χ2n) is 19.7. The molecule has 4 aromatic rings. The van der Waals surface area contributed by atoms with Crippen molar-refractivity contribution < 1.29 is 33.3 Å². The number of esters is 1. The average molecular weight is 883 g/mol. The molecule has 2 N–H and O–H groups in total. The summed E-state index contributed by atoms with van der Waals surface area (Å²) in [6.45, 7) is 19.9. The quantitative estimate of drug-likeness (QED) is 0.215. The molecule has 0 radical (unpaired) electrons. The molecule has 4 saturated heterocycles. The number of amides is 2. The first-order chi connectivity index (χ1) is 30.1. The minimum absolute atomic E-state index is 0.0428. The summed E-state index contributed by atoms with van der Waals surface area (Å²) in [7, 11) is 1.73. The molecule has 1 aromatic carbocycles. The second kappa shape index (κ2) is 17.1. The van der Waals surface area contributed by atoms with Crippen LogP contribution < -0.4 is 15.6 Å². The number of methoxy groups -OCH3 is 1. The van der Waals surface area contributed by atoms with Crippen LogP contribution in [0.15, 0.2) is 35.8 Å². The Kier molecular flexibility index (Phi) is 11.8. The Bertz CT molecular complexity index is 2380. The number of aromatic nitrogens is 3. The Balaban J connectivity index is 1.16. The van der Waals surface area contributed by atoms with E-state index in [4.69, 9.17) is 28.9 Å². The highest BCUT2D eigenvalue weighted by Crippen LogP contribution is 2.44. The van der Waals surface area contributed by atoms with Crippen molar-refractivity contribution in [1.29, 1.82) is 0 Å². The van der Waals surface area contributed by atoms with Crippen molar-refractivity contribution >= 4 is 45.9 Å². The number of pyridine rings is 1. The minimum Gasteiger partial charge on any atom is -0.464 e. The number of thiazole rings is 1.